The van der Waals surface area contributed by atoms with Gasteiger partial charge in [0.2, 0.25) is 5.95 Å². The molecule has 0 atom stereocenters. The van der Waals surface area contributed by atoms with Crippen LogP contribution in [-0.4, -0.2) is 26.1 Å². The van der Waals surface area contributed by atoms with Crippen molar-refractivity contribution in [2.75, 3.05) is 11.9 Å². The second kappa shape index (κ2) is 6.57. The molecular weight excluding hydrogens is 346 g/mol. The van der Waals surface area contributed by atoms with Crippen molar-refractivity contribution in [1.29, 1.82) is 0 Å². The van der Waals surface area contributed by atoms with E-state index in [4.69, 9.17) is 16.6 Å². The molecular formula is C20H20ClN5. The number of aromatic nitrogens is 4. The van der Waals surface area contributed by atoms with Gasteiger partial charge in [0, 0.05) is 22.5 Å². The molecule has 0 fully saturated rings. The van der Waals surface area contributed by atoms with E-state index in [0.717, 1.165) is 46.0 Å². The van der Waals surface area contributed by atoms with Crippen molar-refractivity contribution in [3.63, 3.8) is 0 Å². The van der Waals surface area contributed by atoms with E-state index in [1.807, 2.05) is 34.7 Å². The van der Waals surface area contributed by atoms with E-state index in [0.29, 0.717) is 10.9 Å². The Balaban J connectivity index is 2.03. The Morgan fingerprint density at radius 3 is 2.69 bits per heavy atom. The van der Waals surface area contributed by atoms with Crippen molar-refractivity contribution in [3.8, 4) is 11.4 Å². The molecule has 132 valence electrons. The average molecular weight is 366 g/mol. The number of nitrogens with zero attached hydrogens (tertiary/aromatic N) is 4. The van der Waals surface area contributed by atoms with Gasteiger partial charge < -0.3 is 5.32 Å². The molecule has 4 aromatic rings. The third-order valence-corrected chi connectivity index (χ3v) is 4.59. The van der Waals surface area contributed by atoms with E-state index in [1.165, 1.54) is 0 Å². The molecule has 0 unspecified atom stereocenters. The van der Waals surface area contributed by atoms with E-state index in [-0.39, 0.29) is 0 Å². The highest BCUT2D eigenvalue weighted by Crippen LogP contribution is 2.29. The van der Waals surface area contributed by atoms with Crippen molar-refractivity contribution < 1.29 is 0 Å². The SMILES string of the molecule is Cc1ccccc1-c1nnc2c3ccc(Cl)cc3nc(NCC(C)C)n12. The van der Waals surface area contributed by atoms with Crippen LogP contribution in [0, 0.1) is 12.8 Å². The Morgan fingerprint density at radius 1 is 1.12 bits per heavy atom. The van der Waals surface area contributed by atoms with Crippen molar-refractivity contribution >= 4 is 34.1 Å². The van der Waals surface area contributed by atoms with Crippen molar-refractivity contribution in [2.24, 2.45) is 5.92 Å². The minimum Gasteiger partial charge on any atom is -0.355 e. The molecule has 0 radical (unpaired) electrons. The molecule has 2 aromatic carbocycles. The van der Waals surface area contributed by atoms with Gasteiger partial charge >= 0.3 is 0 Å². The molecule has 0 amide bonds. The van der Waals surface area contributed by atoms with Gasteiger partial charge in [-0.05, 0) is 36.6 Å². The third kappa shape index (κ3) is 2.88. The Morgan fingerprint density at radius 2 is 1.92 bits per heavy atom. The van der Waals surface area contributed by atoms with Crippen LogP contribution in [0.25, 0.3) is 27.9 Å². The molecule has 5 nitrogen and oxygen atoms in total. The predicted octanol–water partition coefficient (Wildman–Crippen LogP) is 4.97. The molecule has 0 saturated heterocycles. The first-order valence-electron chi connectivity index (χ1n) is 8.69. The predicted molar refractivity (Wildman–Crippen MR) is 107 cm³/mol. The largest absolute Gasteiger partial charge is 0.355 e. The number of hydrogen-bond donors (Lipinski definition) is 1. The minimum atomic E-state index is 0.486. The van der Waals surface area contributed by atoms with Crippen LogP contribution in [0.5, 0.6) is 0 Å². The summed E-state index contributed by atoms with van der Waals surface area (Å²) >= 11 is 6.17. The highest BCUT2D eigenvalue weighted by atomic mass is 35.5. The van der Waals surface area contributed by atoms with Crippen molar-refractivity contribution in [2.45, 2.75) is 20.8 Å². The fourth-order valence-electron chi connectivity index (χ4n) is 3.02. The van der Waals surface area contributed by atoms with Crippen LogP contribution in [-0.2, 0) is 0 Å². The lowest BCUT2D eigenvalue weighted by molar-refractivity contribution is 0.684. The van der Waals surface area contributed by atoms with Crippen LogP contribution < -0.4 is 5.32 Å². The van der Waals surface area contributed by atoms with Crippen LogP contribution in [0.1, 0.15) is 19.4 Å². The third-order valence-electron chi connectivity index (χ3n) is 4.36. The summed E-state index contributed by atoms with van der Waals surface area (Å²) in [6.07, 6.45) is 0. The summed E-state index contributed by atoms with van der Waals surface area (Å²) in [6.45, 7) is 7.21. The van der Waals surface area contributed by atoms with E-state index in [1.54, 1.807) is 0 Å². The molecule has 6 heteroatoms. The van der Waals surface area contributed by atoms with Crippen LogP contribution in [0.15, 0.2) is 42.5 Å². The monoisotopic (exact) mass is 365 g/mol. The quantitative estimate of drug-likeness (QED) is 0.554. The number of hydrogen-bond acceptors (Lipinski definition) is 4. The molecule has 0 aliphatic carbocycles. The summed E-state index contributed by atoms with van der Waals surface area (Å²) < 4.78 is 2.00. The van der Waals surface area contributed by atoms with Gasteiger partial charge in [-0.3, -0.25) is 0 Å². The number of anilines is 1. The first-order valence-corrected chi connectivity index (χ1v) is 9.06. The molecule has 0 saturated carbocycles. The first kappa shape index (κ1) is 16.8. The van der Waals surface area contributed by atoms with E-state index in [2.05, 4.69) is 48.4 Å². The van der Waals surface area contributed by atoms with E-state index in [9.17, 15) is 0 Å². The molecule has 2 heterocycles. The topological polar surface area (TPSA) is 55.1 Å². The van der Waals surface area contributed by atoms with Gasteiger partial charge in [-0.1, -0.05) is 49.7 Å². The highest BCUT2D eigenvalue weighted by Gasteiger charge is 2.17. The van der Waals surface area contributed by atoms with Gasteiger partial charge in [0.25, 0.3) is 0 Å². The number of nitrogens with one attached hydrogen (secondary N) is 1. The highest BCUT2D eigenvalue weighted by molar-refractivity contribution is 6.31. The average Bonchev–Trinajstić information content (AvgIpc) is 3.05. The molecule has 0 spiro atoms. The van der Waals surface area contributed by atoms with E-state index >= 15 is 0 Å². The Bertz CT molecular complexity index is 1100. The van der Waals surface area contributed by atoms with Crippen molar-refractivity contribution in [1.82, 2.24) is 19.6 Å². The second-order valence-corrected chi connectivity index (χ2v) is 7.31. The number of halogens is 1. The zero-order chi connectivity index (χ0) is 18.3. The summed E-state index contributed by atoms with van der Waals surface area (Å²) in [4.78, 5) is 4.81. The maximum absolute atomic E-state index is 6.17. The fraction of sp³-hybridized carbons (Fsp3) is 0.250. The number of benzene rings is 2. The first-order chi connectivity index (χ1) is 12.5. The van der Waals surface area contributed by atoms with E-state index < -0.39 is 0 Å². The summed E-state index contributed by atoms with van der Waals surface area (Å²) in [5.41, 5.74) is 3.77. The molecule has 0 bridgehead atoms. The van der Waals surface area contributed by atoms with Gasteiger partial charge in [0.15, 0.2) is 11.5 Å². The Kier molecular flexibility index (Phi) is 4.24. The van der Waals surface area contributed by atoms with Gasteiger partial charge in [0.05, 0.1) is 5.52 Å². The Hall–Kier alpha value is -2.66. The smallest absolute Gasteiger partial charge is 0.211 e. The van der Waals surface area contributed by atoms with Crippen LogP contribution >= 0.6 is 11.6 Å². The lowest BCUT2D eigenvalue weighted by atomic mass is 10.1. The second-order valence-electron chi connectivity index (χ2n) is 6.87. The molecule has 4 rings (SSSR count). The molecule has 0 aliphatic heterocycles. The number of aryl methyl sites for hydroxylation is 1. The van der Waals surface area contributed by atoms with Gasteiger partial charge in [-0.25, -0.2) is 9.38 Å². The zero-order valence-electron chi connectivity index (χ0n) is 15.0. The Labute approximate surface area is 157 Å². The molecule has 1 N–H and O–H groups in total. The summed E-state index contributed by atoms with van der Waals surface area (Å²) in [7, 11) is 0. The van der Waals surface area contributed by atoms with Crippen LogP contribution in [0.4, 0.5) is 5.95 Å². The summed E-state index contributed by atoms with van der Waals surface area (Å²) in [6, 6.07) is 13.8. The zero-order valence-corrected chi connectivity index (χ0v) is 15.7. The van der Waals surface area contributed by atoms with Gasteiger partial charge in [-0.15, -0.1) is 10.2 Å². The molecule has 0 aliphatic rings. The maximum Gasteiger partial charge on any atom is 0.211 e. The molecule has 26 heavy (non-hydrogen) atoms. The standard InChI is InChI=1S/C20H20ClN5/c1-12(2)11-22-20-23-17-10-14(21)8-9-16(17)19-25-24-18(26(19)20)15-7-5-4-6-13(15)3/h4-10,12H,11H2,1-3H3,(H,22,23). The number of rotatable bonds is 4. The lowest BCUT2D eigenvalue weighted by Gasteiger charge is -2.13. The van der Waals surface area contributed by atoms with Crippen LogP contribution in [0.2, 0.25) is 5.02 Å². The van der Waals surface area contributed by atoms with Crippen LogP contribution in [0.3, 0.4) is 0 Å². The maximum atomic E-state index is 6.17. The normalized spacial score (nSPS) is 11.6. The lowest BCUT2D eigenvalue weighted by Crippen LogP contribution is -2.13. The summed E-state index contributed by atoms with van der Waals surface area (Å²) in [5, 5.41) is 14.0. The molecule has 2 aromatic heterocycles. The minimum absolute atomic E-state index is 0.486. The fourth-order valence-corrected chi connectivity index (χ4v) is 3.19. The number of fused-ring (bicyclic) bond motifs is 3. The summed E-state index contributed by atoms with van der Waals surface area (Å²) in [5.74, 6) is 2.00. The van der Waals surface area contributed by atoms with Gasteiger partial charge in [-0.2, -0.15) is 0 Å². The van der Waals surface area contributed by atoms with Gasteiger partial charge in [0.1, 0.15) is 0 Å². The van der Waals surface area contributed by atoms with Crippen molar-refractivity contribution in [3.05, 3.63) is 53.1 Å².